The van der Waals surface area contributed by atoms with Gasteiger partial charge in [-0.1, -0.05) is 17.7 Å². The first-order valence-electron chi connectivity index (χ1n) is 6.45. The van der Waals surface area contributed by atoms with Gasteiger partial charge in [0.15, 0.2) is 5.65 Å². The minimum absolute atomic E-state index is 0.667. The van der Waals surface area contributed by atoms with Gasteiger partial charge in [-0.2, -0.15) is 0 Å². The molecule has 0 spiro atoms. The molecule has 1 aromatic carbocycles. The number of hydrogen-bond acceptors (Lipinski definition) is 4. The van der Waals surface area contributed by atoms with Crippen LogP contribution in [0.3, 0.4) is 0 Å². The normalized spacial score (nSPS) is 13.8. The van der Waals surface area contributed by atoms with Crippen molar-refractivity contribution in [2.75, 3.05) is 11.4 Å². The van der Waals surface area contributed by atoms with Gasteiger partial charge in [-0.05, 0) is 36.2 Å². The van der Waals surface area contributed by atoms with E-state index in [1.807, 2.05) is 24.3 Å². The summed E-state index contributed by atoms with van der Waals surface area (Å²) < 4.78 is 0. The molecule has 0 unspecified atom stereocenters. The van der Waals surface area contributed by atoms with E-state index >= 15 is 0 Å². The van der Waals surface area contributed by atoms with E-state index in [1.54, 1.807) is 12.4 Å². The number of fused-ring (bicyclic) bond motifs is 2. The van der Waals surface area contributed by atoms with E-state index in [0.717, 1.165) is 35.0 Å². The van der Waals surface area contributed by atoms with Crippen molar-refractivity contribution in [2.45, 2.75) is 6.42 Å². The summed E-state index contributed by atoms with van der Waals surface area (Å²) in [5, 5.41) is 0.747. The zero-order valence-corrected chi connectivity index (χ0v) is 11.4. The summed E-state index contributed by atoms with van der Waals surface area (Å²) >= 11 is 6.10. The van der Waals surface area contributed by atoms with Crippen molar-refractivity contribution in [1.82, 2.24) is 15.0 Å². The third-order valence-electron chi connectivity index (χ3n) is 3.54. The summed E-state index contributed by atoms with van der Waals surface area (Å²) in [7, 11) is 0. The van der Waals surface area contributed by atoms with Gasteiger partial charge in [-0.3, -0.25) is 4.98 Å². The molecule has 0 saturated carbocycles. The van der Waals surface area contributed by atoms with Gasteiger partial charge in [0.05, 0.1) is 0 Å². The quantitative estimate of drug-likeness (QED) is 0.686. The largest absolute Gasteiger partial charge is 0.326 e. The van der Waals surface area contributed by atoms with Crippen molar-refractivity contribution >= 4 is 34.3 Å². The minimum Gasteiger partial charge on any atom is -0.326 e. The molecule has 0 fully saturated rings. The lowest BCUT2D eigenvalue weighted by Crippen LogP contribution is -2.14. The monoisotopic (exact) mass is 282 g/mol. The summed E-state index contributed by atoms with van der Waals surface area (Å²) in [4.78, 5) is 15.3. The molecular formula is C15H11ClN4. The van der Waals surface area contributed by atoms with Gasteiger partial charge in [-0.15, -0.1) is 0 Å². The number of anilines is 2. The summed E-state index contributed by atoms with van der Waals surface area (Å²) in [6, 6.07) is 9.94. The van der Waals surface area contributed by atoms with E-state index in [2.05, 4.69) is 25.9 Å². The van der Waals surface area contributed by atoms with Crippen LogP contribution in [-0.2, 0) is 6.42 Å². The highest BCUT2D eigenvalue weighted by Crippen LogP contribution is 2.35. The Balaban J connectivity index is 1.83. The molecule has 0 aliphatic carbocycles. The molecule has 0 radical (unpaired) electrons. The maximum Gasteiger partial charge on any atom is 0.180 e. The second-order valence-corrected chi connectivity index (χ2v) is 5.18. The van der Waals surface area contributed by atoms with Crippen LogP contribution in [0.2, 0.25) is 5.02 Å². The Hall–Kier alpha value is -2.20. The number of rotatable bonds is 1. The van der Waals surface area contributed by atoms with Crippen molar-refractivity contribution in [3.63, 3.8) is 0 Å². The molecule has 0 atom stereocenters. The molecule has 0 saturated heterocycles. The number of aromatic nitrogens is 3. The molecular weight excluding hydrogens is 272 g/mol. The number of pyridine rings is 1. The van der Waals surface area contributed by atoms with Crippen LogP contribution >= 0.6 is 11.6 Å². The highest BCUT2D eigenvalue weighted by molar-refractivity contribution is 6.30. The maximum atomic E-state index is 6.10. The topological polar surface area (TPSA) is 41.9 Å². The lowest BCUT2D eigenvalue weighted by molar-refractivity contribution is 0.976. The van der Waals surface area contributed by atoms with E-state index in [0.29, 0.717) is 5.65 Å². The van der Waals surface area contributed by atoms with Crippen LogP contribution < -0.4 is 4.90 Å². The molecule has 3 aromatic rings. The van der Waals surface area contributed by atoms with Crippen molar-refractivity contribution < 1.29 is 0 Å². The summed E-state index contributed by atoms with van der Waals surface area (Å²) in [6.45, 7) is 0.911. The smallest absolute Gasteiger partial charge is 0.180 e. The molecule has 1 aliphatic heterocycles. The molecule has 20 heavy (non-hydrogen) atoms. The summed E-state index contributed by atoms with van der Waals surface area (Å²) in [5.41, 5.74) is 3.91. The standard InChI is InChI=1S/C15H11ClN4/c16-11-2-1-10-5-8-20(13(10)9-11)14-4-3-12-15(19-14)18-7-6-17-12/h1-4,6-7,9H,5,8H2. The highest BCUT2D eigenvalue weighted by atomic mass is 35.5. The number of benzene rings is 1. The van der Waals surface area contributed by atoms with Crippen LogP contribution in [0.25, 0.3) is 11.2 Å². The predicted octanol–water partition coefficient (Wildman–Crippen LogP) is 3.37. The second-order valence-electron chi connectivity index (χ2n) is 4.74. The lowest BCUT2D eigenvalue weighted by Gasteiger charge is -2.18. The molecule has 5 heteroatoms. The molecule has 3 heterocycles. The van der Waals surface area contributed by atoms with Crippen LogP contribution in [0.15, 0.2) is 42.7 Å². The van der Waals surface area contributed by atoms with Crippen molar-refractivity contribution in [2.24, 2.45) is 0 Å². The minimum atomic E-state index is 0.667. The molecule has 2 aromatic heterocycles. The highest BCUT2D eigenvalue weighted by Gasteiger charge is 2.21. The molecule has 0 bridgehead atoms. The van der Waals surface area contributed by atoms with E-state index in [1.165, 1.54) is 5.56 Å². The third-order valence-corrected chi connectivity index (χ3v) is 3.77. The van der Waals surface area contributed by atoms with Gasteiger partial charge in [0.25, 0.3) is 0 Å². The molecule has 1 aliphatic rings. The van der Waals surface area contributed by atoms with Crippen LogP contribution in [-0.4, -0.2) is 21.5 Å². The van der Waals surface area contributed by atoms with E-state index in [-0.39, 0.29) is 0 Å². The Labute approximate surface area is 121 Å². The Kier molecular flexibility index (Phi) is 2.57. The Morgan fingerprint density at radius 1 is 1.05 bits per heavy atom. The number of halogens is 1. The van der Waals surface area contributed by atoms with Crippen LogP contribution in [0, 0.1) is 0 Å². The average Bonchev–Trinajstić information content (AvgIpc) is 2.89. The van der Waals surface area contributed by atoms with Crippen molar-refractivity contribution in [3.05, 3.63) is 53.3 Å². The number of hydrogen-bond donors (Lipinski definition) is 0. The van der Waals surface area contributed by atoms with Gasteiger partial charge in [-0.25, -0.2) is 9.97 Å². The van der Waals surface area contributed by atoms with Gasteiger partial charge >= 0.3 is 0 Å². The van der Waals surface area contributed by atoms with E-state index < -0.39 is 0 Å². The molecule has 4 rings (SSSR count). The van der Waals surface area contributed by atoms with Gasteiger partial charge < -0.3 is 4.90 Å². The Bertz CT molecular complexity index is 803. The fourth-order valence-corrected chi connectivity index (χ4v) is 2.75. The van der Waals surface area contributed by atoms with Crippen LogP contribution in [0.1, 0.15) is 5.56 Å². The molecule has 0 N–H and O–H groups in total. The lowest BCUT2D eigenvalue weighted by atomic mass is 10.2. The number of nitrogens with zero attached hydrogens (tertiary/aromatic N) is 4. The van der Waals surface area contributed by atoms with Gasteiger partial charge in [0, 0.05) is 29.6 Å². The SMILES string of the molecule is Clc1ccc2c(c1)N(c1ccc3nccnc3n1)CC2. The fraction of sp³-hybridized carbons (Fsp3) is 0.133. The Morgan fingerprint density at radius 2 is 1.95 bits per heavy atom. The average molecular weight is 283 g/mol. The fourth-order valence-electron chi connectivity index (χ4n) is 2.59. The maximum absolute atomic E-state index is 6.10. The van der Waals surface area contributed by atoms with Gasteiger partial charge in [0.1, 0.15) is 11.3 Å². The second kappa shape index (κ2) is 4.42. The third kappa shape index (κ3) is 1.80. The molecule has 0 amide bonds. The van der Waals surface area contributed by atoms with E-state index in [4.69, 9.17) is 11.6 Å². The zero-order chi connectivity index (χ0) is 13.5. The first-order valence-corrected chi connectivity index (χ1v) is 6.83. The van der Waals surface area contributed by atoms with Crippen LogP contribution in [0.5, 0.6) is 0 Å². The molecule has 98 valence electrons. The van der Waals surface area contributed by atoms with Gasteiger partial charge in [0.2, 0.25) is 0 Å². The summed E-state index contributed by atoms with van der Waals surface area (Å²) in [6.07, 6.45) is 4.34. The first kappa shape index (κ1) is 11.6. The van der Waals surface area contributed by atoms with E-state index in [9.17, 15) is 0 Å². The van der Waals surface area contributed by atoms with Crippen molar-refractivity contribution in [1.29, 1.82) is 0 Å². The first-order chi connectivity index (χ1) is 9.81. The summed E-state index contributed by atoms with van der Waals surface area (Å²) in [5.74, 6) is 0.888. The molecule has 4 nitrogen and oxygen atoms in total. The predicted molar refractivity (Wildman–Crippen MR) is 79.5 cm³/mol. The van der Waals surface area contributed by atoms with Crippen LogP contribution in [0.4, 0.5) is 11.5 Å². The zero-order valence-electron chi connectivity index (χ0n) is 10.6. The Morgan fingerprint density at radius 3 is 2.90 bits per heavy atom. The van der Waals surface area contributed by atoms with Crippen molar-refractivity contribution in [3.8, 4) is 0 Å².